The SMILES string of the molecule is O=C(CNCCNC(=O)OCC1c2ccccc2-c2ccccc21)OCCBr. The number of carbonyl (C=O) groups is 2. The van der Waals surface area contributed by atoms with Crippen molar-refractivity contribution < 1.29 is 19.1 Å². The number of halogens is 1. The maximum atomic E-state index is 12.0. The number of amides is 1. The molecule has 28 heavy (non-hydrogen) atoms. The third-order valence-electron chi connectivity index (χ3n) is 4.52. The van der Waals surface area contributed by atoms with Crippen molar-refractivity contribution in [1.82, 2.24) is 10.6 Å². The van der Waals surface area contributed by atoms with E-state index in [1.54, 1.807) is 0 Å². The first-order chi connectivity index (χ1) is 13.7. The summed E-state index contributed by atoms with van der Waals surface area (Å²) in [7, 11) is 0. The molecule has 0 aromatic heterocycles. The monoisotopic (exact) mass is 446 g/mol. The smallest absolute Gasteiger partial charge is 0.407 e. The molecule has 0 bridgehead atoms. The summed E-state index contributed by atoms with van der Waals surface area (Å²) in [5, 5.41) is 6.21. The summed E-state index contributed by atoms with van der Waals surface area (Å²) < 4.78 is 10.4. The summed E-state index contributed by atoms with van der Waals surface area (Å²) >= 11 is 3.18. The lowest BCUT2D eigenvalue weighted by molar-refractivity contribution is -0.141. The number of fused-ring (bicyclic) bond motifs is 3. The zero-order valence-corrected chi connectivity index (χ0v) is 17.0. The molecular weight excluding hydrogens is 424 g/mol. The maximum absolute atomic E-state index is 12.0. The number of esters is 1. The summed E-state index contributed by atoms with van der Waals surface area (Å²) in [5.41, 5.74) is 4.76. The minimum absolute atomic E-state index is 0.0421. The van der Waals surface area contributed by atoms with Crippen LogP contribution in [0.25, 0.3) is 11.1 Å². The minimum atomic E-state index is -0.467. The van der Waals surface area contributed by atoms with Gasteiger partial charge in [-0.15, -0.1) is 0 Å². The number of hydrogen-bond donors (Lipinski definition) is 2. The third kappa shape index (κ3) is 5.11. The second-order valence-electron chi connectivity index (χ2n) is 6.34. The first-order valence-corrected chi connectivity index (χ1v) is 10.3. The highest BCUT2D eigenvalue weighted by Gasteiger charge is 2.28. The molecule has 148 valence electrons. The van der Waals surface area contributed by atoms with Crippen molar-refractivity contribution in [2.75, 3.05) is 38.2 Å². The van der Waals surface area contributed by atoms with Crippen LogP contribution < -0.4 is 10.6 Å². The Labute approximate surface area is 172 Å². The highest BCUT2D eigenvalue weighted by molar-refractivity contribution is 9.09. The van der Waals surface area contributed by atoms with Gasteiger partial charge in [0.15, 0.2) is 0 Å². The Balaban J connectivity index is 1.42. The summed E-state index contributed by atoms with van der Waals surface area (Å²) in [6, 6.07) is 16.4. The Bertz CT molecular complexity index is 782. The fraction of sp³-hybridized carbons (Fsp3) is 0.333. The van der Waals surface area contributed by atoms with Crippen LogP contribution in [0.4, 0.5) is 4.79 Å². The number of benzene rings is 2. The van der Waals surface area contributed by atoms with E-state index in [1.807, 2.05) is 24.3 Å². The Morgan fingerprint density at radius 1 is 0.929 bits per heavy atom. The Morgan fingerprint density at radius 3 is 2.21 bits per heavy atom. The average molecular weight is 447 g/mol. The van der Waals surface area contributed by atoms with Gasteiger partial charge in [-0.05, 0) is 22.3 Å². The second kappa shape index (κ2) is 10.2. The normalized spacial score (nSPS) is 12.2. The van der Waals surface area contributed by atoms with Gasteiger partial charge in [-0.25, -0.2) is 4.79 Å². The van der Waals surface area contributed by atoms with Gasteiger partial charge in [0.2, 0.25) is 0 Å². The van der Waals surface area contributed by atoms with Gasteiger partial charge in [0, 0.05) is 24.3 Å². The van der Waals surface area contributed by atoms with Crippen LogP contribution in [0.3, 0.4) is 0 Å². The summed E-state index contributed by atoms with van der Waals surface area (Å²) in [6.07, 6.45) is -0.467. The number of ether oxygens (including phenoxy) is 2. The lowest BCUT2D eigenvalue weighted by Gasteiger charge is -2.14. The number of hydrogen-bond acceptors (Lipinski definition) is 5. The van der Waals surface area contributed by atoms with Gasteiger partial charge in [0.25, 0.3) is 0 Å². The molecule has 0 unspecified atom stereocenters. The Kier molecular flexibility index (Phi) is 7.45. The molecule has 2 N–H and O–H groups in total. The molecule has 0 fully saturated rings. The Morgan fingerprint density at radius 2 is 1.57 bits per heavy atom. The summed E-state index contributed by atoms with van der Waals surface area (Å²) in [4.78, 5) is 23.3. The van der Waals surface area contributed by atoms with Gasteiger partial charge in [-0.2, -0.15) is 0 Å². The predicted molar refractivity (Wildman–Crippen MR) is 111 cm³/mol. The van der Waals surface area contributed by atoms with Gasteiger partial charge in [-0.3, -0.25) is 4.79 Å². The molecule has 0 aliphatic heterocycles. The van der Waals surface area contributed by atoms with Gasteiger partial charge in [0.1, 0.15) is 13.2 Å². The predicted octanol–water partition coefficient (Wildman–Crippen LogP) is 3.05. The van der Waals surface area contributed by atoms with Crippen LogP contribution in [0.2, 0.25) is 0 Å². The number of carbonyl (C=O) groups excluding carboxylic acids is 2. The van der Waals surface area contributed by atoms with E-state index in [0.717, 1.165) is 0 Å². The van der Waals surface area contributed by atoms with Crippen LogP contribution in [0.1, 0.15) is 17.0 Å². The van der Waals surface area contributed by atoms with Gasteiger partial charge >= 0.3 is 12.1 Å². The molecule has 2 aromatic rings. The molecule has 0 spiro atoms. The van der Waals surface area contributed by atoms with Crippen LogP contribution in [-0.4, -0.2) is 50.2 Å². The number of nitrogens with one attached hydrogen (secondary N) is 2. The molecule has 0 saturated carbocycles. The van der Waals surface area contributed by atoms with Crippen molar-refractivity contribution in [1.29, 1.82) is 0 Å². The van der Waals surface area contributed by atoms with E-state index in [9.17, 15) is 9.59 Å². The van der Waals surface area contributed by atoms with Crippen molar-refractivity contribution >= 4 is 28.0 Å². The number of alkyl halides is 1. The van der Waals surface area contributed by atoms with Crippen LogP contribution in [-0.2, 0) is 14.3 Å². The highest BCUT2D eigenvalue weighted by Crippen LogP contribution is 2.44. The van der Waals surface area contributed by atoms with Crippen LogP contribution in [0.5, 0.6) is 0 Å². The van der Waals surface area contributed by atoms with Crippen molar-refractivity contribution in [3.05, 3.63) is 59.7 Å². The quantitative estimate of drug-likeness (QED) is 0.351. The van der Waals surface area contributed by atoms with E-state index in [1.165, 1.54) is 22.3 Å². The maximum Gasteiger partial charge on any atom is 0.407 e. The molecule has 0 radical (unpaired) electrons. The van der Waals surface area contributed by atoms with Crippen LogP contribution in [0.15, 0.2) is 48.5 Å². The second-order valence-corrected chi connectivity index (χ2v) is 7.13. The molecule has 1 amide bonds. The van der Waals surface area contributed by atoms with Crippen LogP contribution >= 0.6 is 15.9 Å². The molecule has 2 aromatic carbocycles. The topological polar surface area (TPSA) is 76.7 Å². The van der Waals surface area contributed by atoms with Gasteiger partial charge in [-0.1, -0.05) is 64.5 Å². The zero-order valence-electron chi connectivity index (χ0n) is 15.4. The highest BCUT2D eigenvalue weighted by atomic mass is 79.9. The fourth-order valence-electron chi connectivity index (χ4n) is 3.30. The molecule has 0 saturated heterocycles. The molecule has 1 aliphatic carbocycles. The number of alkyl carbamates (subject to hydrolysis) is 1. The fourth-order valence-corrected chi connectivity index (χ4v) is 3.46. The summed E-state index contributed by atoms with van der Waals surface area (Å²) in [6.45, 7) is 1.56. The van der Waals surface area contributed by atoms with Crippen molar-refractivity contribution in [2.45, 2.75) is 5.92 Å². The van der Waals surface area contributed by atoms with Crippen LogP contribution in [0, 0.1) is 0 Å². The van der Waals surface area contributed by atoms with E-state index in [2.05, 4.69) is 50.8 Å². The first kappa shape index (κ1) is 20.4. The van der Waals surface area contributed by atoms with E-state index in [4.69, 9.17) is 9.47 Å². The minimum Gasteiger partial charge on any atom is -0.464 e. The van der Waals surface area contributed by atoms with Gasteiger partial charge in [0.05, 0.1) is 6.54 Å². The third-order valence-corrected chi connectivity index (χ3v) is 4.85. The van der Waals surface area contributed by atoms with Crippen molar-refractivity contribution in [3.63, 3.8) is 0 Å². The lowest BCUT2D eigenvalue weighted by atomic mass is 9.98. The van der Waals surface area contributed by atoms with Gasteiger partial charge < -0.3 is 20.1 Å². The van der Waals surface area contributed by atoms with E-state index in [-0.39, 0.29) is 25.0 Å². The van der Waals surface area contributed by atoms with Crippen molar-refractivity contribution in [3.8, 4) is 11.1 Å². The zero-order chi connectivity index (χ0) is 19.8. The molecule has 0 heterocycles. The molecule has 7 heteroatoms. The largest absolute Gasteiger partial charge is 0.464 e. The molecule has 3 rings (SSSR count). The number of rotatable bonds is 9. The lowest BCUT2D eigenvalue weighted by Crippen LogP contribution is -2.35. The standard InChI is InChI=1S/C21H23BrN2O4/c22-9-12-27-20(25)13-23-10-11-24-21(26)28-14-19-17-7-3-1-5-15(17)16-6-2-4-8-18(16)19/h1-8,19,23H,9-14H2,(H,24,26). The molecular formula is C21H23BrN2O4. The molecule has 1 aliphatic rings. The van der Waals surface area contributed by atoms with Crippen molar-refractivity contribution in [2.24, 2.45) is 0 Å². The summed E-state index contributed by atoms with van der Waals surface area (Å²) in [5.74, 6) is -0.277. The van der Waals surface area contributed by atoms with E-state index in [0.29, 0.717) is 25.0 Å². The van der Waals surface area contributed by atoms with E-state index < -0.39 is 6.09 Å². The van der Waals surface area contributed by atoms with E-state index >= 15 is 0 Å². The molecule has 0 atom stereocenters. The Hall–Kier alpha value is -2.38. The average Bonchev–Trinajstić information content (AvgIpc) is 3.04. The first-order valence-electron chi connectivity index (χ1n) is 9.22. The molecule has 6 nitrogen and oxygen atoms in total.